The van der Waals surface area contributed by atoms with Crippen LogP contribution in [0.25, 0.3) is 0 Å². The first kappa shape index (κ1) is 19.5. The minimum absolute atomic E-state index is 0.341. The van der Waals surface area contributed by atoms with E-state index in [-0.39, 0.29) is 23.7 Å². The lowest BCUT2D eigenvalue weighted by atomic mass is 9.81. The van der Waals surface area contributed by atoms with E-state index < -0.39 is 30.9 Å². The van der Waals surface area contributed by atoms with Crippen LogP contribution in [0.4, 0.5) is 0 Å². The number of esters is 1. The molecule has 0 aromatic heterocycles. The first-order valence-electron chi connectivity index (χ1n) is 9.12. The molecule has 0 unspecified atom stereocenters. The van der Waals surface area contributed by atoms with Gasteiger partial charge in [-0.15, -0.1) is 0 Å². The summed E-state index contributed by atoms with van der Waals surface area (Å²) in [6.45, 7) is -1.15. The van der Waals surface area contributed by atoms with Crippen LogP contribution in [-0.2, 0) is 23.9 Å². The number of nitrogens with one attached hydrogen (secondary N) is 2. The first-order chi connectivity index (χ1) is 13.5. The van der Waals surface area contributed by atoms with Crippen LogP contribution in [0.15, 0.2) is 30.3 Å². The molecule has 0 spiro atoms. The Morgan fingerprint density at radius 2 is 1.57 bits per heavy atom. The van der Waals surface area contributed by atoms with E-state index in [2.05, 4.69) is 10.9 Å². The van der Waals surface area contributed by atoms with Crippen LogP contribution in [-0.4, -0.2) is 47.6 Å². The number of hydrazine groups is 1. The second-order valence-electron chi connectivity index (χ2n) is 6.79. The predicted octanol–water partition coefficient (Wildman–Crippen LogP) is 0.166. The van der Waals surface area contributed by atoms with Crippen molar-refractivity contribution in [2.24, 2.45) is 11.8 Å². The van der Waals surface area contributed by atoms with Gasteiger partial charge in [0.15, 0.2) is 6.61 Å². The number of amides is 4. The van der Waals surface area contributed by atoms with Crippen LogP contribution in [0.3, 0.4) is 0 Å². The summed E-state index contributed by atoms with van der Waals surface area (Å²) >= 11 is 0. The highest BCUT2D eigenvalue weighted by molar-refractivity contribution is 6.07. The van der Waals surface area contributed by atoms with Crippen molar-refractivity contribution in [3.63, 3.8) is 0 Å². The van der Waals surface area contributed by atoms with Crippen LogP contribution in [0.2, 0.25) is 0 Å². The summed E-state index contributed by atoms with van der Waals surface area (Å²) in [4.78, 5) is 61.0. The number of nitrogens with zero attached hydrogens (tertiary/aromatic N) is 1. The standard InChI is InChI=1S/C19H21N3O6/c23-15(20-21-17(25)12-6-2-1-3-7-12)11-28-16(24)10-22-18(26)13-8-4-5-9-14(13)19(22)27/h1-3,6-7,13-14H,4-5,8-11H2,(H,20,23)(H,21,25)/t13-,14-/m1/s1. The molecule has 1 aliphatic carbocycles. The fraction of sp³-hybridized carbons (Fsp3) is 0.421. The van der Waals surface area contributed by atoms with Gasteiger partial charge in [-0.3, -0.25) is 39.7 Å². The van der Waals surface area contributed by atoms with Crippen molar-refractivity contribution in [2.75, 3.05) is 13.2 Å². The zero-order chi connectivity index (χ0) is 20.1. The van der Waals surface area contributed by atoms with Crippen LogP contribution < -0.4 is 10.9 Å². The molecule has 4 amide bonds. The Kier molecular flexibility index (Phi) is 6.03. The third-order valence-corrected chi connectivity index (χ3v) is 4.94. The van der Waals surface area contributed by atoms with E-state index in [1.165, 1.54) is 0 Å². The maximum Gasteiger partial charge on any atom is 0.326 e. The molecule has 9 heteroatoms. The predicted molar refractivity (Wildman–Crippen MR) is 95.2 cm³/mol. The highest BCUT2D eigenvalue weighted by Gasteiger charge is 2.48. The quantitative estimate of drug-likeness (QED) is 0.422. The lowest BCUT2D eigenvalue weighted by Crippen LogP contribution is -2.44. The minimum Gasteiger partial charge on any atom is -0.454 e. The van der Waals surface area contributed by atoms with E-state index in [0.717, 1.165) is 17.7 Å². The van der Waals surface area contributed by atoms with Crippen LogP contribution >= 0.6 is 0 Å². The fourth-order valence-corrected chi connectivity index (χ4v) is 3.53. The Balaban J connectivity index is 1.41. The van der Waals surface area contributed by atoms with Gasteiger partial charge in [0, 0.05) is 5.56 Å². The number of carbonyl (C=O) groups is 5. The third-order valence-electron chi connectivity index (χ3n) is 4.94. The first-order valence-corrected chi connectivity index (χ1v) is 9.12. The number of imide groups is 1. The monoisotopic (exact) mass is 387 g/mol. The lowest BCUT2D eigenvalue weighted by Gasteiger charge is -2.19. The van der Waals surface area contributed by atoms with Crippen molar-refractivity contribution in [3.05, 3.63) is 35.9 Å². The smallest absolute Gasteiger partial charge is 0.326 e. The second kappa shape index (κ2) is 8.64. The second-order valence-corrected chi connectivity index (χ2v) is 6.79. The van der Waals surface area contributed by atoms with Crippen molar-refractivity contribution in [2.45, 2.75) is 25.7 Å². The molecule has 0 bridgehead atoms. The van der Waals surface area contributed by atoms with E-state index in [1.807, 2.05) is 0 Å². The Morgan fingerprint density at radius 1 is 0.964 bits per heavy atom. The zero-order valence-corrected chi connectivity index (χ0v) is 15.2. The average Bonchev–Trinajstić information content (AvgIpc) is 2.96. The Labute approximate surface area is 161 Å². The zero-order valence-electron chi connectivity index (χ0n) is 15.2. The molecule has 2 N–H and O–H groups in total. The number of ether oxygens (including phenoxy) is 1. The van der Waals surface area contributed by atoms with Gasteiger partial charge < -0.3 is 4.74 Å². The lowest BCUT2D eigenvalue weighted by molar-refractivity contribution is -0.155. The number of fused-ring (bicyclic) bond motifs is 1. The summed E-state index contributed by atoms with van der Waals surface area (Å²) in [5, 5.41) is 0. The highest BCUT2D eigenvalue weighted by atomic mass is 16.5. The molecule has 28 heavy (non-hydrogen) atoms. The van der Waals surface area contributed by atoms with E-state index in [4.69, 9.17) is 4.74 Å². The summed E-state index contributed by atoms with van der Waals surface area (Å²) in [7, 11) is 0. The highest BCUT2D eigenvalue weighted by Crippen LogP contribution is 2.37. The van der Waals surface area contributed by atoms with E-state index in [1.54, 1.807) is 30.3 Å². The van der Waals surface area contributed by atoms with Crippen molar-refractivity contribution in [1.29, 1.82) is 0 Å². The van der Waals surface area contributed by atoms with Gasteiger partial charge in [0.05, 0.1) is 11.8 Å². The SMILES string of the molecule is O=C(COC(=O)CN1C(=O)[C@@H]2CCCC[C@H]2C1=O)NNC(=O)c1ccccc1. The van der Waals surface area contributed by atoms with Crippen molar-refractivity contribution >= 4 is 29.6 Å². The summed E-state index contributed by atoms with van der Waals surface area (Å²) in [6, 6.07) is 8.25. The molecule has 1 aromatic carbocycles. The number of likely N-dealkylation sites (tertiary alicyclic amines) is 1. The molecule has 3 rings (SSSR count). The number of rotatable bonds is 5. The molecule has 1 heterocycles. The van der Waals surface area contributed by atoms with Gasteiger partial charge in [-0.05, 0) is 25.0 Å². The Morgan fingerprint density at radius 3 is 2.18 bits per heavy atom. The van der Waals surface area contributed by atoms with E-state index in [9.17, 15) is 24.0 Å². The van der Waals surface area contributed by atoms with Crippen LogP contribution in [0.5, 0.6) is 0 Å². The van der Waals surface area contributed by atoms with Gasteiger partial charge in [-0.1, -0.05) is 31.0 Å². The molecular formula is C19H21N3O6. The van der Waals surface area contributed by atoms with E-state index in [0.29, 0.717) is 18.4 Å². The average molecular weight is 387 g/mol. The van der Waals surface area contributed by atoms with Crippen LogP contribution in [0.1, 0.15) is 36.0 Å². The molecule has 2 fully saturated rings. The Hall–Kier alpha value is -3.23. The summed E-state index contributed by atoms with van der Waals surface area (Å²) < 4.78 is 4.81. The van der Waals surface area contributed by atoms with Crippen molar-refractivity contribution in [3.8, 4) is 0 Å². The molecule has 9 nitrogen and oxygen atoms in total. The maximum atomic E-state index is 12.3. The van der Waals surface area contributed by atoms with Crippen molar-refractivity contribution < 1.29 is 28.7 Å². The minimum atomic E-state index is -0.857. The molecular weight excluding hydrogens is 366 g/mol. The number of hydrogen-bond acceptors (Lipinski definition) is 6. The van der Waals surface area contributed by atoms with Crippen molar-refractivity contribution in [1.82, 2.24) is 15.8 Å². The van der Waals surface area contributed by atoms with Crippen LogP contribution in [0, 0.1) is 11.8 Å². The van der Waals surface area contributed by atoms with Gasteiger partial charge in [-0.2, -0.15) is 0 Å². The summed E-state index contributed by atoms with van der Waals surface area (Å²) in [6.07, 6.45) is 3.11. The Bertz CT molecular complexity index is 770. The number of carbonyl (C=O) groups excluding carboxylic acids is 5. The molecule has 0 radical (unpaired) electrons. The summed E-state index contributed by atoms with van der Waals surface area (Å²) in [5.41, 5.74) is 4.67. The maximum absolute atomic E-state index is 12.3. The molecule has 1 saturated heterocycles. The van der Waals surface area contributed by atoms with Gasteiger partial charge >= 0.3 is 5.97 Å². The number of benzene rings is 1. The van der Waals surface area contributed by atoms with Gasteiger partial charge in [0.2, 0.25) is 11.8 Å². The largest absolute Gasteiger partial charge is 0.454 e. The fourth-order valence-electron chi connectivity index (χ4n) is 3.53. The third kappa shape index (κ3) is 4.36. The van der Waals surface area contributed by atoms with Gasteiger partial charge in [0.1, 0.15) is 6.54 Å². The molecule has 1 aromatic rings. The molecule has 148 valence electrons. The molecule has 2 aliphatic rings. The summed E-state index contributed by atoms with van der Waals surface area (Å²) in [5.74, 6) is -3.49. The van der Waals surface area contributed by atoms with Gasteiger partial charge in [-0.25, -0.2) is 0 Å². The molecule has 1 aliphatic heterocycles. The topological polar surface area (TPSA) is 122 Å². The van der Waals surface area contributed by atoms with E-state index >= 15 is 0 Å². The normalized spacial score (nSPS) is 21.1. The molecule has 1 saturated carbocycles. The molecule has 2 atom stereocenters. The van der Waals surface area contributed by atoms with Gasteiger partial charge in [0.25, 0.3) is 11.8 Å². The number of hydrogen-bond donors (Lipinski definition) is 2.